The van der Waals surface area contributed by atoms with E-state index in [1.54, 1.807) is 37.6 Å². The Morgan fingerprint density at radius 1 is 1.40 bits per heavy atom. The van der Waals surface area contributed by atoms with Crippen LogP contribution < -0.4 is 10.1 Å². The number of aliphatic imine (C=N–C) groups is 1. The number of guanidine groups is 1. The average Bonchev–Trinajstić information content (AvgIpc) is 3.30. The Hall–Kier alpha value is -2.33. The molecule has 3 atom stereocenters. The van der Waals surface area contributed by atoms with Crippen LogP contribution in [-0.4, -0.2) is 49.5 Å². The lowest BCUT2D eigenvalue weighted by molar-refractivity contribution is -0.274. The van der Waals surface area contributed by atoms with Crippen LogP contribution in [0.4, 0.5) is 13.2 Å². The highest BCUT2D eigenvalue weighted by molar-refractivity contribution is 7.09. The first-order chi connectivity index (χ1) is 14.2. The van der Waals surface area contributed by atoms with Crippen molar-refractivity contribution >= 4 is 17.3 Å². The van der Waals surface area contributed by atoms with Crippen LogP contribution in [0.25, 0.3) is 0 Å². The summed E-state index contributed by atoms with van der Waals surface area (Å²) in [5.74, 6) is 0.443. The van der Waals surface area contributed by atoms with Crippen LogP contribution in [0.3, 0.4) is 0 Å². The second-order valence-electron chi connectivity index (χ2n) is 7.14. The van der Waals surface area contributed by atoms with Gasteiger partial charge in [-0.2, -0.15) is 0 Å². The molecule has 1 aromatic carbocycles. The fourth-order valence-corrected chi connectivity index (χ4v) is 4.06. The summed E-state index contributed by atoms with van der Waals surface area (Å²) in [6.07, 6.45) is -4.06. The van der Waals surface area contributed by atoms with Gasteiger partial charge in [0.15, 0.2) is 5.96 Å². The SMILES string of the molecule is CN=C(NC1CC1c1ccccc1OC(F)(F)F)N(C)Cc1csc(C(C)OC)n1. The highest BCUT2D eigenvalue weighted by Crippen LogP contribution is 2.45. The zero-order chi connectivity index (χ0) is 21.9. The van der Waals surface area contributed by atoms with Crippen molar-refractivity contribution in [3.8, 4) is 5.75 Å². The number of halogens is 3. The summed E-state index contributed by atoms with van der Waals surface area (Å²) < 4.78 is 47.5. The maximum atomic E-state index is 12.7. The number of rotatable bonds is 7. The van der Waals surface area contributed by atoms with Crippen LogP contribution in [0.1, 0.15) is 41.6 Å². The second kappa shape index (κ2) is 9.22. The number of hydrogen-bond donors (Lipinski definition) is 1. The predicted octanol–water partition coefficient (Wildman–Crippen LogP) is 4.31. The van der Waals surface area contributed by atoms with Gasteiger partial charge in [0.2, 0.25) is 0 Å². The van der Waals surface area contributed by atoms with Gasteiger partial charge in [0.1, 0.15) is 16.9 Å². The number of nitrogens with one attached hydrogen (secondary N) is 1. The van der Waals surface area contributed by atoms with Crippen molar-refractivity contribution < 1.29 is 22.6 Å². The Morgan fingerprint density at radius 2 is 2.13 bits per heavy atom. The van der Waals surface area contributed by atoms with Gasteiger partial charge < -0.3 is 19.7 Å². The smallest absolute Gasteiger partial charge is 0.405 e. The predicted molar refractivity (Wildman–Crippen MR) is 110 cm³/mol. The van der Waals surface area contributed by atoms with E-state index in [-0.39, 0.29) is 23.8 Å². The molecule has 0 amide bonds. The minimum Gasteiger partial charge on any atom is -0.405 e. The van der Waals surface area contributed by atoms with Crippen molar-refractivity contribution in [1.82, 2.24) is 15.2 Å². The van der Waals surface area contributed by atoms with Gasteiger partial charge >= 0.3 is 6.36 Å². The number of thiazole rings is 1. The molecule has 2 aromatic rings. The van der Waals surface area contributed by atoms with Crippen LogP contribution in [0.15, 0.2) is 34.6 Å². The molecule has 1 aliphatic rings. The lowest BCUT2D eigenvalue weighted by atomic mass is 10.1. The van der Waals surface area contributed by atoms with E-state index in [9.17, 15) is 13.2 Å². The molecule has 0 spiro atoms. The Kier molecular flexibility index (Phi) is 6.87. The van der Waals surface area contributed by atoms with E-state index in [1.807, 2.05) is 24.3 Å². The molecule has 1 saturated carbocycles. The van der Waals surface area contributed by atoms with Crippen molar-refractivity contribution in [3.05, 3.63) is 45.9 Å². The Balaban J connectivity index is 1.61. The van der Waals surface area contributed by atoms with Gasteiger partial charge in [0, 0.05) is 38.5 Å². The lowest BCUT2D eigenvalue weighted by Gasteiger charge is -2.21. The van der Waals surface area contributed by atoms with Gasteiger partial charge in [-0.1, -0.05) is 18.2 Å². The third-order valence-corrected chi connectivity index (χ3v) is 5.95. The molecule has 6 nitrogen and oxygen atoms in total. The van der Waals surface area contributed by atoms with Crippen LogP contribution in [-0.2, 0) is 11.3 Å². The van der Waals surface area contributed by atoms with Gasteiger partial charge in [-0.05, 0) is 25.0 Å². The molecule has 1 heterocycles. The van der Waals surface area contributed by atoms with E-state index in [0.29, 0.717) is 24.5 Å². The van der Waals surface area contributed by atoms with Crippen molar-refractivity contribution in [3.63, 3.8) is 0 Å². The molecule has 10 heteroatoms. The first-order valence-corrected chi connectivity index (χ1v) is 10.4. The summed E-state index contributed by atoms with van der Waals surface area (Å²) in [5, 5.41) is 6.23. The zero-order valence-corrected chi connectivity index (χ0v) is 18.0. The summed E-state index contributed by atoms with van der Waals surface area (Å²) >= 11 is 1.54. The van der Waals surface area contributed by atoms with E-state index in [2.05, 4.69) is 20.0 Å². The van der Waals surface area contributed by atoms with Crippen LogP contribution in [0.5, 0.6) is 5.75 Å². The normalized spacial score (nSPS) is 20.0. The van der Waals surface area contributed by atoms with E-state index >= 15 is 0 Å². The summed E-state index contributed by atoms with van der Waals surface area (Å²) in [4.78, 5) is 10.8. The molecule has 0 saturated heterocycles. The number of hydrogen-bond acceptors (Lipinski definition) is 5. The molecule has 3 rings (SSSR count). The van der Waals surface area contributed by atoms with Crippen LogP contribution >= 0.6 is 11.3 Å². The fraction of sp³-hybridized carbons (Fsp3) is 0.500. The van der Waals surface area contributed by atoms with E-state index in [1.165, 1.54) is 12.1 Å². The molecule has 1 N–H and O–H groups in total. The molecular weight excluding hydrogens is 417 g/mol. The molecule has 1 aromatic heterocycles. The number of para-hydroxylation sites is 1. The molecule has 1 fully saturated rings. The van der Waals surface area contributed by atoms with Gasteiger partial charge in [-0.25, -0.2) is 4.98 Å². The topological polar surface area (TPSA) is 59.0 Å². The molecule has 1 aliphatic carbocycles. The summed E-state index contributed by atoms with van der Waals surface area (Å²) in [7, 11) is 5.22. The molecule has 30 heavy (non-hydrogen) atoms. The molecule has 0 bridgehead atoms. The maximum absolute atomic E-state index is 12.7. The summed E-state index contributed by atoms with van der Waals surface area (Å²) in [6.45, 7) is 2.50. The van der Waals surface area contributed by atoms with E-state index < -0.39 is 6.36 Å². The largest absolute Gasteiger partial charge is 0.573 e. The number of aromatic nitrogens is 1. The highest BCUT2D eigenvalue weighted by atomic mass is 32.1. The lowest BCUT2D eigenvalue weighted by Crippen LogP contribution is -2.40. The molecule has 0 radical (unpaired) electrons. The van der Waals surface area contributed by atoms with Crippen molar-refractivity contribution in [1.29, 1.82) is 0 Å². The quantitative estimate of drug-likeness (QED) is 0.512. The van der Waals surface area contributed by atoms with E-state index in [0.717, 1.165) is 10.7 Å². The van der Waals surface area contributed by atoms with Crippen molar-refractivity contribution in [2.24, 2.45) is 4.99 Å². The summed E-state index contributed by atoms with van der Waals surface area (Å²) in [6, 6.07) is 6.27. The number of alkyl halides is 3. The minimum absolute atomic E-state index is 0.0105. The average molecular weight is 443 g/mol. The monoisotopic (exact) mass is 442 g/mol. The van der Waals surface area contributed by atoms with E-state index in [4.69, 9.17) is 4.74 Å². The van der Waals surface area contributed by atoms with Gasteiger partial charge in [-0.15, -0.1) is 24.5 Å². The third kappa shape index (κ3) is 5.63. The first-order valence-electron chi connectivity index (χ1n) is 9.48. The number of ether oxygens (including phenoxy) is 2. The molecule has 0 aliphatic heterocycles. The number of methoxy groups -OCH3 is 1. The van der Waals surface area contributed by atoms with Crippen LogP contribution in [0.2, 0.25) is 0 Å². The fourth-order valence-electron chi connectivity index (χ4n) is 3.21. The number of benzene rings is 1. The Labute approximate surface area is 177 Å². The zero-order valence-electron chi connectivity index (χ0n) is 17.2. The standard InChI is InChI=1S/C20H25F3N4O2S/c1-12(28-4)18-25-13(11-30-18)10-27(3)19(24-2)26-16-9-15(16)14-7-5-6-8-17(14)29-20(21,22)23/h5-8,11-12,15-16H,9-10H2,1-4H3,(H,24,26). The molecule has 3 unspecified atom stereocenters. The highest BCUT2D eigenvalue weighted by Gasteiger charge is 2.42. The number of nitrogens with zero attached hydrogens (tertiary/aromatic N) is 3. The van der Waals surface area contributed by atoms with Crippen molar-refractivity contribution in [2.45, 2.75) is 44.3 Å². The molecule has 164 valence electrons. The van der Waals surface area contributed by atoms with Gasteiger partial charge in [0.05, 0.1) is 12.2 Å². The second-order valence-corrected chi connectivity index (χ2v) is 8.03. The van der Waals surface area contributed by atoms with Crippen LogP contribution in [0, 0.1) is 0 Å². The maximum Gasteiger partial charge on any atom is 0.573 e. The van der Waals surface area contributed by atoms with Crippen molar-refractivity contribution in [2.75, 3.05) is 21.2 Å². The van der Waals surface area contributed by atoms with Gasteiger partial charge in [0.25, 0.3) is 0 Å². The minimum atomic E-state index is -4.71. The Morgan fingerprint density at radius 3 is 2.80 bits per heavy atom. The first kappa shape index (κ1) is 22.4. The summed E-state index contributed by atoms with van der Waals surface area (Å²) in [5.41, 5.74) is 1.45. The van der Waals surface area contributed by atoms with Gasteiger partial charge in [-0.3, -0.25) is 4.99 Å². The molecular formula is C20H25F3N4O2S. The Bertz CT molecular complexity index is 887. The third-order valence-electron chi connectivity index (χ3n) is 4.89.